The largest absolute Gasteiger partial charge is 0.396 e. The fourth-order valence-electron chi connectivity index (χ4n) is 2.26. The summed E-state index contributed by atoms with van der Waals surface area (Å²) in [6.07, 6.45) is 0.426. The molecule has 3 heteroatoms. The summed E-state index contributed by atoms with van der Waals surface area (Å²) in [5.41, 5.74) is 1.29. The number of likely N-dealkylation sites (tertiary alicyclic amines) is 1. The molecule has 0 bridgehead atoms. The Labute approximate surface area is 96.3 Å². The standard InChI is InChI=1S/C13H19NO2/c15-10-12-9-14(7-6-13(12)16)8-11-4-2-1-3-5-11/h1-5,12-13,15-16H,6-10H2/t12-,13+/m0/s1. The molecule has 0 radical (unpaired) electrons. The van der Waals surface area contributed by atoms with Gasteiger partial charge in [0.2, 0.25) is 0 Å². The molecule has 2 rings (SSSR count). The van der Waals surface area contributed by atoms with Crippen molar-refractivity contribution < 1.29 is 10.2 Å². The molecule has 1 aromatic carbocycles. The lowest BCUT2D eigenvalue weighted by atomic mass is 9.95. The van der Waals surface area contributed by atoms with E-state index in [1.54, 1.807) is 0 Å². The molecule has 1 heterocycles. The van der Waals surface area contributed by atoms with Gasteiger partial charge in [-0.2, -0.15) is 0 Å². The number of aliphatic hydroxyl groups is 2. The number of benzene rings is 1. The molecule has 0 spiro atoms. The van der Waals surface area contributed by atoms with E-state index in [4.69, 9.17) is 5.11 Å². The van der Waals surface area contributed by atoms with Gasteiger partial charge in [-0.15, -0.1) is 0 Å². The first-order chi connectivity index (χ1) is 7.79. The summed E-state index contributed by atoms with van der Waals surface area (Å²) < 4.78 is 0. The highest BCUT2D eigenvalue weighted by atomic mass is 16.3. The van der Waals surface area contributed by atoms with Crippen LogP contribution in [0.2, 0.25) is 0 Å². The van der Waals surface area contributed by atoms with Crippen LogP contribution in [0.1, 0.15) is 12.0 Å². The van der Waals surface area contributed by atoms with Gasteiger partial charge >= 0.3 is 0 Å². The number of nitrogens with zero attached hydrogens (tertiary/aromatic N) is 1. The molecule has 1 aromatic rings. The molecule has 0 amide bonds. The smallest absolute Gasteiger partial charge is 0.0614 e. The predicted molar refractivity (Wildman–Crippen MR) is 62.9 cm³/mol. The fraction of sp³-hybridized carbons (Fsp3) is 0.538. The van der Waals surface area contributed by atoms with Gasteiger partial charge in [-0.3, -0.25) is 4.90 Å². The van der Waals surface area contributed by atoms with E-state index < -0.39 is 0 Å². The van der Waals surface area contributed by atoms with E-state index in [2.05, 4.69) is 17.0 Å². The van der Waals surface area contributed by atoms with E-state index in [-0.39, 0.29) is 18.6 Å². The molecule has 2 N–H and O–H groups in total. The number of rotatable bonds is 3. The van der Waals surface area contributed by atoms with Gasteiger partial charge in [0.25, 0.3) is 0 Å². The molecule has 88 valence electrons. The Morgan fingerprint density at radius 1 is 1.25 bits per heavy atom. The fourth-order valence-corrected chi connectivity index (χ4v) is 2.26. The summed E-state index contributed by atoms with van der Waals surface area (Å²) in [5.74, 6) is 0.0115. The van der Waals surface area contributed by atoms with Gasteiger partial charge in [0.05, 0.1) is 6.10 Å². The Bertz CT molecular complexity index is 315. The molecule has 1 fully saturated rings. The molecule has 16 heavy (non-hydrogen) atoms. The molecule has 0 unspecified atom stereocenters. The molecule has 1 aliphatic heterocycles. The third kappa shape index (κ3) is 2.82. The van der Waals surface area contributed by atoms with Gasteiger partial charge in [-0.05, 0) is 12.0 Å². The van der Waals surface area contributed by atoms with E-state index in [1.165, 1.54) is 5.56 Å². The SMILES string of the molecule is OC[C@@H]1CN(Cc2ccccc2)CC[C@H]1O. The van der Waals surface area contributed by atoms with Crippen LogP contribution < -0.4 is 0 Å². The quantitative estimate of drug-likeness (QED) is 0.795. The van der Waals surface area contributed by atoms with E-state index in [0.29, 0.717) is 0 Å². The van der Waals surface area contributed by atoms with Crippen molar-refractivity contribution in [3.63, 3.8) is 0 Å². The summed E-state index contributed by atoms with van der Waals surface area (Å²) in [6.45, 7) is 2.68. The van der Waals surface area contributed by atoms with Crippen molar-refractivity contribution in [2.75, 3.05) is 19.7 Å². The van der Waals surface area contributed by atoms with Gasteiger partial charge in [0, 0.05) is 32.2 Å². The zero-order valence-corrected chi connectivity index (χ0v) is 9.42. The van der Waals surface area contributed by atoms with E-state index in [9.17, 15) is 5.11 Å². The number of piperidine rings is 1. The molecule has 0 aromatic heterocycles. The Morgan fingerprint density at radius 3 is 2.69 bits per heavy atom. The van der Waals surface area contributed by atoms with Crippen LogP contribution in [-0.2, 0) is 6.54 Å². The van der Waals surface area contributed by atoms with Crippen LogP contribution in [0.3, 0.4) is 0 Å². The third-order valence-electron chi connectivity index (χ3n) is 3.26. The number of aliphatic hydroxyl groups excluding tert-OH is 2. The first-order valence-electron chi connectivity index (χ1n) is 5.85. The first-order valence-corrected chi connectivity index (χ1v) is 5.85. The molecule has 3 nitrogen and oxygen atoms in total. The van der Waals surface area contributed by atoms with Crippen molar-refractivity contribution in [2.24, 2.45) is 5.92 Å². The topological polar surface area (TPSA) is 43.7 Å². The summed E-state index contributed by atoms with van der Waals surface area (Å²) in [6, 6.07) is 10.3. The van der Waals surface area contributed by atoms with Crippen LogP contribution in [0, 0.1) is 5.92 Å². The maximum Gasteiger partial charge on any atom is 0.0614 e. The second kappa shape index (κ2) is 5.43. The minimum absolute atomic E-state index is 0.0115. The number of hydrogen-bond acceptors (Lipinski definition) is 3. The molecule has 1 aliphatic rings. The Morgan fingerprint density at radius 2 is 2.00 bits per heavy atom. The molecular weight excluding hydrogens is 202 g/mol. The van der Waals surface area contributed by atoms with Gasteiger partial charge in [-0.1, -0.05) is 30.3 Å². The van der Waals surface area contributed by atoms with Gasteiger partial charge in [-0.25, -0.2) is 0 Å². The predicted octanol–water partition coefficient (Wildman–Crippen LogP) is 0.862. The van der Waals surface area contributed by atoms with Crippen LogP contribution in [0.4, 0.5) is 0 Å². The second-order valence-electron chi connectivity index (χ2n) is 4.52. The third-order valence-corrected chi connectivity index (χ3v) is 3.26. The van der Waals surface area contributed by atoms with Crippen molar-refractivity contribution in [1.29, 1.82) is 0 Å². The molecule has 0 saturated carbocycles. The van der Waals surface area contributed by atoms with E-state index >= 15 is 0 Å². The molecule has 0 aliphatic carbocycles. The van der Waals surface area contributed by atoms with Crippen LogP contribution in [0.5, 0.6) is 0 Å². The monoisotopic (exact) mass is 221 g/mol. The lowest BCUT2D eigenvalue weighted by molar-refractivity contribution is -0.00200. The lowest BCUT2D eigenvalue weighted by Crippen LogP contribution is -2.44. The average molecular weight is 221 g/mol. The normalized spacial score (nSPS) is 26.9. The van der Waals surface area contributed by atoms with Crippen molar-refractivity contribution >= 4 is 0 Å². The number of hydrogen-bond donors (Lipinski definition) is 2. The highest BCUT2D eigenvalue weighted by Crippen LogP contribution is 2.18. The van der Waals surface area contributed by atoms with Crippen molar-refractivity contribution in [2.45, 2.75) is 19.1 Å². The van der Waals surface area contributed by atoms with Crippen molar-refractivity contribution in [1.82, 2.24) is 4.90 Å². The van der Waals surface area contributed by atoms with Crippen LogP contribution in [0.25, 0.3) is 0 Å². The van der Waals surface area contributed by atoms with Crippen molar-refractivity contribution in [3.8, 4) is 0 Å². The highest BCUT2D eigenvalue weighted by molar-refractivity contribution is 5.14. The Hall–Kier alpha value is -0.900. The molecule has 1 saturated heterocycles. The van der Waals surface area contributed by atoms with Crippen LogP contribution >= 0.6 is 0 Å². The van der Waals surface area contributed by atoms with Gasteiger partial charge in [0.1, 0.15) is 0 Å². The minimum Gasteiger partial charge on any atom is -0.396 e. The maximum absolute atomic E-state index is 9.67. The highest BCUT2D eigenvalue weighted by Gasteiger charge is 2.26. The Kier molecular flexibility index (Phi) is 3.93. The Balaban J connectivity index is 1.92. The zero-order chi connectivity index (χ0) is 11.4. The van der Waals surface area contributed by atoms with E-state index in [0.717, 1.165) is 26.1 Å². The van der Waals surface area contributed by atoms with E-state index in [1.807, 2.05) is 18.2 Å². The summed E-state index contributed by atoms with van der Waals surface area (Å²) >= 11 is 0. The molecular formula is C13H19NO2. The summed E-state index contributed by atoms with van der Waals surface area (Å²) in [4.78, 5) is 2.29. The summed E-state index contributed by atoms with van der Waals surface area (Å²) in [7, 11) is 0. The van der Waals surface area contributed by atoms with Gasteiger partial charge < -0.3 is 10.2 Å². The molecule has 2 atom stereocenters. The first kappa shape index (κ1) is 11.6. The van der Waals surface area contributed by atoms with Crippen LogP contribution in [-0.4, -0.2) is 40.9 Å². The lowest BCUT2D eigenvalue weighted by Gasteiger charge is -2.35. The minimum atomic E-state index is -0.336. The second-order valence-corrected chi connectivity index (χ2v) is 4.52. The average Bonchev–Trinajstić information content (AvgIpc) is 2.33. The van der Waals surface area contributed by atoms with Crippen molar-refractivity contribution in [3.05, 3.63) is 35.9 Å². The maximum atomic E-state index is 9.67. The summed E-state index contributed by atoms with van der Waals surface area (Å²) in [5, 5.41) is 18.8. The van der Waals surface area contributed by atoms with Gasteiger partial charge in [0.15, 0.2) is 0 Å². The van der Waals surface area contributed by atoms with Crippen LogP contribution in [0.15, 0.2) is 30.3 Å². The zero-order valence-electron chi connectivity index (χ0n) is 9.42.